The first-order valence-corrected chi connectivity index (χ1v) is 20.0. The van der Waals surface area contributed by atoms with Crippen molar-refractivity contribution >= 4 is 28.4 Å². The van der Waals surface area contributed by atoms with Crippen LogP contribution in [0.3, 0.4) is 0 Å². The lowest BCUT2D eigenvalue weighted by molar-refractivity contribution is 0.0732. The zero-order valence-corrected chi connectivity index (χ0v) is 26.2. The number of ether oxygens (including phenoxy) is 2. The van der Waals surface area contributed by atoms with Crippen LogP contribution in [0.1, 0.15) is 51.6 Å². The average molecular weight is 563 g/mol. The van der Waals surface area contributed by atoms with E-state index in [1.807, 2.05) is 36.4 Å². The minimum absolute atomic E-state index is 0.0328. The molecule has 0 atom stereocenters. The molecule has 0 spiro atoms. The monoisotopic (exact) mass is 562 g/mol. The van der Waals surface area contributed by atoms with Crippen LogP contribution in [-0.4, -0.2) is 35.5 Å². The normalized spacial score (nSPS) is 11.7. The number of carbonyl (C=O) groups is 2. The molecule has 0 N–H and O–H groups in total. The number of methoxy groups -OCH3 is 1. The van der Waals surface area contributed by atoms with Gasteiger partial charge in [0.25, 0.3) is 0 Å². The first-order valence-electron chi connectivity index (χ1n) is 13.7. The minimum atomic E-state index is -1.85. The summed E-state index contributed by atoms with van der Waals surface area (Å²) < 4.78 is 18.1. The second kappa shape index (κ2) is 13.9. The highest BCUT2D eigenvalue weighted by atomic mass is 28.4. The molecule has 208 valence electrons. The second-order valence-electron chi connectivity index (χ2n) is 11.3. The van der Waals surface area contributed by atoms with Crippen molar-refractivity contribution in [1.29, 1.82) is 0 Å². The van der Waals surface area contributed by atoms with Gasteiger partial charge in [0.2, 0.25) is 0 Å². The lowest BCUT2D eigenvalue weighted by atomic mass is 10.1. The average Bonchev–Trinajstić information content (AvgIpc) is 2.89. The molecule has 0 saturated heterocycles. The number of para-hydroxylation sites is 2. The maximum atomic E-state index is 12.7. The number of hydrogen-bond donors (Lipinski definition) is 0. The van der Waals surface area contributed by atoms with Crippen LogP contribution in [0.5, 0.6) is 11.5 Å². The van der Waals surface area contributed by atoms with Crippen molar-refractivity contribution < 1.29 is 23.2 Å². The Morgan fingerprint density at radius 1 is 0.667 bits per heavy atom. The molecule has 0 aliphatic rings. The lowest BCUT2D eigenvalue weighted by Gasteiger charge is -2.34. The highest BCUT2D eigenvalue weighted by Gasteiger charge is 2.32. The third-order valence-corrected chi connectivity index (χ3v) is 14.4. The summed E-state index contributed by atoms with van der Waals surface area (Å²) in [6.45, 7) is 10.8. The van der Waals surface area contributed by atoms with Gasteiger partial charge in [-0.05, 0) is 106 Å². The van der Waals surface area contributed by atoms with Gasteiger partial charge in [0, 0.05) is 5.56 Å². The molecule has 0 bridgehead atoms. The number of aryl methyl sites for hydroxylation is 2. The predicted molar refractivity (Wildman–Crippen MR) is 163 cm³/mol. The quantitative estimate of drug-likeness (QED) is 0.0859. The van der Waals surface area contributed by atoms with Crippen molar-refractivity contribution in [3.05, 3.63) is 95.1 Å². The van der Waals surface area contributed by atoms with Crippen molar-refractivity contribution in [2.24, 2.45) is 0 Å². The number of hydrogen-bond acceptors (Lipinski definition) is 5. The van der Waals surface area contributed by atoms with Gasteiger partial charge >= 0.3 is 5.97 Å². The minimum Gasteiger partial charge on any atom is -0.496 e. The van der Waals surface area contributed by atoms with Gasteiger partial charge in [-0.1, -0.05) is 48.5 Å². The first-order chi connectivity index (χ1) is 18.5. The smallest absolute Gasteiger partial charge is 0.343 e. The Balaban J connectivity index is 1.51. The van der Waals surface area contributed by atoms with Crippen LogP contribution in [0, 0.1) is 0 Å². The van der Waals surface area contributed by atoms with Crippen LogP contribution >= 0.6 is 0 Å². The Morgan fingerprint density at radius 2 is 1.13 bits per heavy atom. The van der Waals surface area contributed by atoms with E-state index in [4.69, 9.17) is 13.6 Å². The Hall–Kier alpha value is -3.01. The third kappa shape index (κ3) is 9.60. The lowest BCUT2D eigenvalue weighted by Crippen LogP contribution is -2.44. The van der Waals surface area contributed by atoms with Crippen molar-refractivity contribution in [1.82, 2.24) is 0 Å². The van der Waals surface area contributed by atoms with Crippen LogP contribution in [0.4, 0.5) is 0 Å². The molecule has 7 heteroatoms. The van der Waals surface area contributed by atoms with Gasteiger partial charge in [-0.15, -0.1) is 0 Å². The van der Waals surface area contributed by atoms with Crippen LogP contribution in [0.25, 0.3) is 0 Å². The van der Waals surface area contributed by atoms with Crippen LogP contribution < -0.4 is 9.47 Å². The number of benzene rings is 3. The van der Waals surface area contributed by atoms with Crippen molar-refractivity contribution in [3.8, 4) is 11.5 Å². The largest absolute Gasteiger partial charge is 0.496 e. The second-order valence-corrected chi connectivity index (χ2v) is 20.1. The van der Waals surface area contributed by atoms with E-state index in [9.17, 15) is 9.59 Å². The van der Waals surface area contributed by atoms with Gasteiger partial charge in [-0.25, -0.2) is 4.79 Å². The Labute approximate surface area is 235 Å². The molecule has 39 heavy (non-hydrogen) atoms. The SMILES string of the molecule is COc1ccccc1CCC[Si](C)(C)O[Si](C)(C)CCCc1ccccc1OC(=O)c1ccc(C(C)=O)cc1. The molecule has 0 aromatic heterocycles. The Kier molecular flexibility index (Phi) is 10.9. The topological polar surface area (TPSA) is 61.8 Å². The Morgan fingerprint density at radius 3 is 1.64 bits per heavy atom. The van der Waals surface area contributed by atoms with Crippen LogP contribution in [-0.2, 0) is 17.0 Å². The fourth-order valence-electron chi connectivity index (χ4n) is 4.98. The van der Waals surface area contributed by atoms with Gasteiger partial charge in [-0.3, -0.25) is 4.79 Å². The maximum absolute atomic E-state index is 12.7. The molecule has 3 aromatic rings. The molecular weight excluding hydrogens is 521 g/mol. The van der Waals surface area contributed by atoms with E-state index in [0.717, 1.165) is 49.1 Å². The van der Waals surface area contributed by atoms with Crippen LogP contribution in [0.15, 0.2) is 72.8 Å². The maximum Gasteiger partial charge on any atom is 0.343 e. The van der Waals surface area contributed by atoms with E-state index in [0.29, 0.717) is 16.9 Å². The Bertz CT molecular complexity index is 1250. The van der Waals surface area contributed by atoms with Crippen molar-refractivity contribution in [2.75, 3.05) is 7.11 Å². The number of carbonyl (C=O) groups excluding carboxylic acids is 2. The van der Waals surface area contributed by atoms with Gasteiger partial charge in [-0.2, -0.15) is 0 Å². The number of rotatable bonds is 14. The van der Waals surface area contributed by atoms with E-state index in [1.165, 1.54) is 12.5 Å². The van der Waals surface area contributed by atoms with Gasteiger partial charge in [0.05, 0.1) is 12.7 Å². The summed E-state index contributed by atoms with van der Waals surface area (Å²) in [7, 11) is -1.93. The summed E-state index contributed by atoms with van der Waals surface area (Å²) in [5.74, 6) is 1.10. The highest BCUT2D eigenvalue weighted by molar-refractivity contribution is 6.84. The molecule has 0 saturated carbocycles. The first kappa shape index (κ1) is 30.5. The van der Waals surface area contributed by atoms with Gasteiger partial charge in [0.15, 0.2) is 22.4 Å². The summed E-state index contributed by atoms with van der Waals surface area (Å²) in [6.07, 6.45) is 3.90. The van der Waals surface area contributed by atoms with Crippen LogP contribution in [0.2, 0.25) is 38.3 Å². The molecule has 0 aliphatic heterocycles. The molecule has 0 amide bonds. The molecule has 0 radical (unpaired) electrons. The molecule has 0 aliphatic carbocycles. The molecule has 3 rings (SSSR count). The molecule has 0 heterocycles. The standard InChI is InChI=1S/C32H42O5Si2/c1-25(33)26-19-21-29(22-20-26)32(34)36-31-18-10-8-14-28(31)16-12-24-39(5,6)37-38(3,4)23-11-15-27-13-7-9-17-30(27)35-2/h7-10,13-14,17-22H,11-12,15-16,23-24H2,1-6H3. The summed E-state index contributed by atoms with van der Waals surface area (Å²) in [6, 6.07) is 24.7. The number of Topliss-reactive ketones (excluding diaryl/α,β-unsaturated/α-hetero) is 1. The van der Waals surface area contributed by atoms with E-state index >= 15 is 0 Å². The number of esters is 1. The summed E-state index contributed by atoms with van der Waals surface area (Å²) in [5.41, 5.74) is 3.27. The van der Waals surface area contributed by atoms with E-state index in [-0.39, 0.29) is 5.78 Å². The predicted octanol–water partition coefficient (Wildman–Crippen LogP) is 8.11. The fraction of sp³-hybridized carbons (Fsp3) is 0.375. The van der Waals surface area contributed by atoms with Gasteiger partial charge < -0.3 is 13.6 Å². The summed E-state index contributed by atoms with van der Waals surface area (Å²) >= 11 is 0. The molecule has 0 unspecified atom stereocenters. The van der Waals surface area contributed by atoms with E-state index in [1.54, 1.807) is 31.4 Å². The molecule has 5 nitrogen and oxygen atoms in total. The fourth-order valence-corrected chi connectivity index (χ4v) is 13.8. The van der Waals surface area contributed by atoms with E-state index in [2.05, 4.69) is 38.3 Å². The summed E-state index contributed by atoms with van der Waals surface area (Å²) in [5, 5.41) is 0. The molecular formula is C32H42O5Si2. The zero-order valence-electron chi connectivity index (χ0n) is 24.2. The molecule has 0 fully saturated rings. The van der Waals surface area contributed by atoms with Crippen molar-refractivity contribution in [3.63, 3.8) is 0 Å². The van der Waals surface area contributed by atoms with E-state index < -0.39 is 22.6 Å². The van der Waals surface area contributed by atoms with Crippen molar-refractivity contribution in [2.45, 2.75) is 70.9 Å². The highest BCUT2D eigenvalue weighted by Crippen LogP contribution is 2.28. The summed E-state index contributed by atoms with van der Waals surface area (Å²) in [4.78, 5) is 24.2. The molecule has 3 aromatic carbocycles. The number of ketones is 1. The zero-order chi connectivity index (χ0) is 28.5. The van der Waals surface area contributed by atoms with Gasteiger partial charge in [0.1, 0.15) is 11.5 Å². The third-order valence-electron chi connectivity index (χ3n) is 6.90.